The molecule has 110 valence electrons. The lowest BCUT2D eigenvalue weighted by Crippen LogP contribution is -2.36. The van der Waals surface area contributed by atoms with Gasteiger partial charge in [0.15, 0.2) is 0 Å². The van der Waals surface area contributed by atoms with E-state index in [1.807, 2.05) is 37.4 Å². The van der Waals surface area contributed by atoms with Crippen LogP contribution >= 0.6 is 0 Å². The normalized spacial score (nSPS) is 15.8. The summed E-state index contributed by atoms with van der Waals surface area (Å²) in [7, 11) is 3.44. The van der Waals surface area contributed by atoms with Crippen LogP contribution < -0.4 is 4.74 Å². The van der Waals surface area contributed by atoms with Crippen LogP contribution in [0.25, 0.3) is 10.8 Å². The number of rotatable bonds is 4. The molecule has 1 aromatic heterocycles. The van der Waals surface area contributed by atoms with Crippen LogP contribution in [0.4, 0.5) is 0 Å². The van der Waals surface area contributed by atoms with Crippen LogP contribution in [-0.4, -0.2) is 36.0 Å². The molecule has 1 aromatic carbocycles. The van der Waals surface area contributed by atoms with E-state index in [2.05, 4.69) is 11.9 Å². The Hall–Kier alpha value is -2.10. The number of carbonyl (C=O) groups is 1. The highest BCUT2D eigenvalue weighted by molar-refractivity contribution is 5.98. The maximum absolute atomic E-state index is 12.6. The van der Waals surface area contributed by atoms with Crippen molar-refractivity contribution in [2.75, 3.05) is 14.2 Å². The van der Waals surface area contributed by atoms with Crippen LogP contribution in [-0.2, 0) is 0 Å². The highest BCUT2D eigenvalue weighted by Crippen LogP contribution is 2.35. The van der Waals surface area contributed by atoms with E-state index in [0.29, 0.717) is 17.5 Å². The van der Waals surface area contributed by atoms with Crippen molar-refractivity contribution in [3.63, 3.8) is 0 Å². The second kappa shape index (κ2) is 5.35. The van der Waals surface area contributed by atoms with Crippen molar-refractivity contribution < 1.29 is 9.53 Å². The maximum atomic E-state index is 12.6. The highest BCUT2D eigenvalue weighted by Gasteiger charge is 2.33. The molecule has 4 heteroatoms. The first-order chi connectivity index (χ1) is 10.1. The molecule has 1 aliphatic rings. The minimum atomic E-state index is -0.0431. The Morgan fingerprint density at radius 3 is 2.76 bits per heavy atom. The van der Waals surface area contributed by atoms with Crippen molar-refractivity contribution in [3.05, 3.63) is 36.0 Å². The third-order valence-corrected chi connectivity index (χ3v) is 4.35. The summed E-state index contributed by atoms with van der Waals surface area (Å²) in [5.74, 6) is 1.10. The largest absolute Gasteiger partial charge is 0.481 e. The van der Waals surface area contributed by atoms with E-state index in [4.69, 9.17) is 4.74 Å². The molecule has 1 amide bonds. The number of fused-ring (bicyclic) bond motifs is 1. The standard InChI is InChI=1S/C17H20N2O2/c1-11(12-8-9-12)19(2)17(20)15-10-13-6-4-5-7-14(13)16(18-15)21-3/h4-7,10-12H,8-9H2,1-3H3/t11-/m0/s1. The molecule has 1 heterocycles. The zero-order valence-electron chi connectivity index (χ0n) is 12.7. The molecule has 21 heavy (non-hydrogen) atoms. The number of hydrogen-bond donors (Lipinski definition) is 0. The van der Waals surface area contributed by atoms with Crippen molar-refractivity contribution in [2.24, 2.45) is 5.92 Å². The predicted molar refractivity (Wildman–Crippen MR) is 82.6 cm³/mol. The third kappa shape index (κ3) is 2.58. The topological polar surface area (TPSA) is 42.4 Å². The van der Waals surface area contributed by atoms with Crippen molar-refractivity contribution in [1.82, 2.24) is 9.88 Å². The molecule has 0 radical (unpaired) electrons. The fourth-order valence-corrected chi connectivity index (χ4v) is 2.69. The number of benzene rings is 1. The SMILES string of the molecule is COc1nc(C(=O)N(C)[C@@H](C)C2CC2)cc2ccccc12. The first-order valence-electron chi connectivity index (χ1n) is 7.32. The van der Waals surface area contributed by atoms with Gasteiger partial charge in [-0.1, -0.05) is 18.2 Å². The van der Waals surface area contributed by atoms with E-state index < -0.39 is 0 Å². The van der Waals surface area contributed by atoms with E-state index in [-0.39, 0.29) is 11.9 Å². The molecule has 2 aromatic rings. The Bertz CT molecular complexity index is 680. The van der Waals surface area contributed by atoms with Crippen molar-refractivity contribution in [1.29, 1.82) is 0 Å². The summed E-state index contributed by atoms with van der Waals surface area (Å²) in [6, 6.07) is 9.92. The highest BCUT2D eigenvalue weighted by atomic mass is 16.5. The van der Waals surface area contributed by atoms with E-state index in [1.54, 1.807) is 12.0 Å². The summed E-state index contributed by atoms with van der Waals surface area (Å²) in [5, 5.41) is 1.90. The predicted octanol–water partition coefficient (Wildman–Crippen LogP) is 3.11. The van der Waals surface area contributed by atoms with Gasteiger partial charge in [-0.2, -0.15) is 0 Å². The Balaban J connectivity index is 1.97. The molecular weight excluding hydrogens is 264 g/mol. The summed E-state index contributed by atoms with van der Waals surface area (Å²) in [5.41, 5.74) is 0.445. The zero-order valence-corrected chi connectivity index (χ0v) is 12.7. The average molecular weight is 284 g/mol. The van der Waals surface area contributed by atoms with E-state index >= 15 is 0 Å². The van der Waals surface area contributed by atoms with Gasteiger partial charge in [-0.15, -0.1) is 0 Å². The van der Waals surface area contributed by atoms with Crippen molar-refractivity contribution in [3.8, 4) is 5.88 Å². The molecule has 0 aliphatic heterocycles. The first kappa shape index (κ1) is 13.9. The molecule has 0 saturated heterocycles. The summed E-state index contributed by atoms with van der Waals surface area (Å²) in [6.07, 6.45) is 2.43. The molecule has 3 rings (SSSR count). The van der Waals surface area contributed by atoms with Gasteiger partial charge in [0.25, 0.3) is 5.91 Å². The first-order valence-corrected chi connectivity index (χ1v) is 7.32. The third-order valence-electron chi connectivity index (χ3n) is 4.35. The Morgan fingerprint density at radius 1 is 1.38 bits per heavy atom. The fourth-order valence-electron chi connectivity index (χ4n) is 2.69. The van der Waals surface area contributed by atoms with Gasteiger partial charge >= 0.3 is 0 Å². The van der Waals surface area contributed by atoms with Crippen LogP contribution in [0.2, 0.25) is 0 Å². The summed E-state index contributed by atoms with van der Waals surface area (Å²) >= 11 is 0. The summed E-state index contributed by atoms with van der Waals surface area (Å²) in [6.45, 7) is 2.11. The summed E-state index contributed by atoms with van der Waals surface area (Å²) in [4.78, 5) is 18.8. The molecule has 4 nitrogen and oxygen atoms in total. The second-order valence-corrected chi connectivity index (χ2v) is 5.73. The number of nitrogens with zero attached hydrogens (tertiary/aromatic N) is 2. The van der Waals surface area contributed by atoms with Crippen LogP contribution in [0.5, 0.6) is 5.88 Å². The van der Waals surface area contributed by atoms with Crippen LogP contribution in [0.15, 0.2) is 30.3 Å². The Morgan fingerprint density at radius 2 is 2.10 bits per heavy atom. The molecule has 1 aliphatic carbocycles. The number of aromatic nitrogens is 1. The van der Waals surface area contributed by atoms with Gasteiger partial charge < -0.3 is 9.64 Å². The van der Waals surface area contributed by atoms with Crippen LogP contribution in [0.3, 0.4) is 0 Å². The number of carbonyl (C=O) groups excluding carboxylic acids is 1. The second-order valence-electron chi connectivity index (χ2n) is 5.73. The van der Waals surface area contributed by atoms with E-state index in [1.165, 1.54) is 12.8 Å². The summed E-state index contributed by atoms with van der Waals surface area (Å²) < 4.78 is 5.34. The van der Waals surface area contributed by atoms with Gasteiger partial charge in [0.2, 0.25) is 5.88 Å². The molecule has 0 N–H and O–H groups in total. The number of pyridine rings is 1. The number of methoxy groups -OCH3 is 1. The van der Waals surface area contributed by atoms with Gasteiger partial charge in [0, 0.05) is 18.5 Å². The van der Waals surface area contributed by atoms with Crippen LogP contribution in [0.1, 0.15) is 30.3 Å². The Labute approximate surface area is 124 Å². The fraction of sp³-hybridized carbons (Fsp3) is 0.412. The lowest BCUT2D eigenvalue weighted by Gasteiger charge is -2.24. The minimum absolute atomic E-state index is 0.0431. The van der Waals surface area contributed by atoms with Gasteiger partial charge in [-0.05, 0) is 43.2 Å². The number of ether oxygens (including phenoxy) is 1. The van der Waals surface area contributed by atoms with Crippen LogP contribution in [0, 0.1) is 5.92 Å². The zero-order chi connectivity index (χ0) is 15.0. The molecular formula is C17H20N2O2. The van der Waals surface area contributed by atoms with E-state index in [9.17, 15) is 4.79 Å². The molecule has 0 spiro atoms. The average Bonchev–Trinajstić information content (AvgIpc) is 3.36. The quantitative estimate of drug-likeness (QED) is 0.866. The number of amides is 1. The van der Waals surface area contributed by atoms with Crippen molar-refractivity contribution >= 4 is 16.7 Å². The molecule has 1 fully saturated rings. The minimum Gasteiger partial charge on any atom is -0.481 e. The number of hydrogen-bond acceptors (Lipinski definition) is 3. The Kier molecular flexibility index (Phi) is 3.53. The maximum Gasteiger partial charge on any atom is 0.272 e. The van der Waals surface area contributed by atoms with E-state index in [0.717, 1.165) is 10.8 Å². The van der Waals surface area contributed by atoms with Crippen molar-refractivity contribution in [2.45, 2.75) is 25.8 Å². The monoisotopic (exact) mass is 284 g/mol. The van der Waals surface area contributed by atoms with Gasteiger partial charge in [0.1, 0.15) is 5.69 Å². The van der Waals surface area contributed by atoms with Gasteiger partial charge in [-0.25, -0.2) is 4.98 Å². The molecule has 0 bridgehead atoms. The molecule has 1 saturated carbocycles. The smallest absolute Gasteiger partial charge is 0.272 e. The van der Waals surface area contributed by atoms with Gasteiger partial charge in [0.05, 0.1) is 7.11 Å². The lowest BCUT2D eigenvalue weighted by atomic mass is 10.1. The molecule has 1 atom stereocenters. The van der Waals surface area contributed by atoms with Gasteiger partial charge in [-0.3, -0.25) is 4.79 Å². The lowest BCUT2D eigenvalue weighted by molar-refractivity contribution is 0.0720. The molecule has 0 unspecified atom stereocenters.